The zero-order valence-electron chi connectivity index (χ0n) is 21.4. The van der Waals surface area contributed by atoms with Gasteiger partial charge in [0.25, 0.3) is 5.56 Å². The Morgan fingerprint density at radius 3 is 2.54 bits per heavy atom. The van der Waals surface area contributed by atoms with Gasteiger partial charge in [-0.1, -0.05) is 47.1 Å². The van der Waals surface area contributed by atoms with Crippen molar-refractivity contribution in [2.45, 2.75) is 51.5 Å². The first-order valence-corrected chi connectivity index (χ1v) is 13.5. The lowest BCUT2D eigenvalue weighted by Crippen LogP contribution is -2.41. The first-order valence-electron chi connectivity index (χ1n) is 13.1. The van der Waals surface area contributed by atoms with Crippen molar-refractivity contribution in [1.82, 2.24) is 9.55 Å². The standard InChI is InChI=1S/C29H32ClN5O2/c1-3-35(28-23(17-31)29(36)34(2)24-15-16-25(30)32-27(24)28)22-13-11-21(12-14-22)26(20-7-5-4-6-8-20)33-37-18-19-9-10-19/h4-8,15-16,19,21-22H,3,9-14,18H2,1-2H3/b33-26+. The minimum Gasteiger partial charge on any atom is -0.395 e. The second-order valence-corrected chi connectivity index (χ2v) is 10.5. The Balaban J connectivity index is 1.43. The smallest absolute Gasteiger partial charge is 0.270 e. The highest BCUT2D eigenvalue weighted by atomic mass is 35.5. The van der Waals surface area contributed by atoms with Crippen LogP contribution in [0.3, 0.4) is 0 Å². The third-order valence-electron chi connectivity index (χ3n) is 7.68. The van der Waals surface area contributed by atoms with Gasteiger partial charge in [-0.15, -0.1) is 0 Å². The number of aryl methyl sites for hydroxylation is 1. The van der Waals surface area contributed by atoms with Gasteiger partial charge >= 0.3 is 0 Å². The molecule has 0 unspecified atom stereocenters. The Labute approximate surface area is 222 Å². The van der Waals surface area contributed by atoms with Gasteiger partial charge < -0.3 is 14.3 Å². The molecule has 0 atom stereocenters. The summed E-state index contributed by atoms with van der Waals surface area (Å²) in [5, 5.41) is 15.0. The van der Waals surface area contributed by atoms with E-state index in [0.29, 0.717) is 46.9 Å². The molecule has 2 heterocycles. The summed E-state index contributed by atoms with van der Waals surface area (Å²) in [6.45, 7) is 3.41. The molecule has 0 radical (unpaired) electrons. The molecule has 2 saturated carbocycles. The Bertz CT molecular complexity index is 1400. The molecule has 37 heavy (non-hydrogen) atoms. The molecule has 1 aromatic carbocycles. The maximum atomic E-state index is 13.1. The van der Waals surface area contributed by atoms with E-state index in [2.05, 4.69) is 40.2 Å². The van der Waals surface area contributed by atoms with Crippen molar-refractivity contribution in [1.29, 1.82) is 5.26 Å². The quantitative estimate of drug-likeness (QED) is 0.218. The molecule has 2 aliphatic rings. The maximum Gasteiger partial charge on any atom is 0.270 e. The van der Waals surface area contributed by atoms with Crippen LogP contribution >= 0.6 is 11.6 Å². The number of nitrogens with zero attached hydrogens (tertiary/aromatic N) is 5. The molecule has 0 bridgehead atoms. The van der Waals surface area contributed by atoms with E-state index in [0.717, 1.165) is 37.0 Å². The molecule has 0 saturated heterocycles. The van der Waals surface area contributed by atoms with Gasteiger partial charge in [-0.05, 0) is 69.1 Å². The summed E-state index contributed by atoms with van der Waals surface area (Å²) in [7, 11) is 1.67. The Kier molecular flexibility index (Phi) is 7.48. The summed E-state index contributed by atoms with van der Waals surface area (Å²) in [5.74, 6) is 0.944. The molecule has 8 heteroatoms. The third-order valence-corrected chi connectivity index (χ3v) is 7.89. The van der Waals surface area contributed by atoms with E-state index in [1.807, 2.05) is 18.2 Å². The van der Waals surface area contributed by atoms with E-state index in [9.17, 15) is 10.1 Å². The van der Waals surface area contributed by atoms with E-state index in [1.54, 1.807) is 19.2 Å². The first-order chi connectivity index (χ1) is 18.0. The molecule has 7 nitrogen and oxygen atoms in total. The van der Waals surface area contributed by atoms with Crippen LogP contribution in [-0.4, -0.2) is 34.5 Å². The highest BCUT2D eigenvalue weighted by Crippen LogP contribution is 2.36. The van der Waals surface area contributed by atoms with Gasteiger partial charge in [0.15, 0.2) is 0 Å². The zero-order valence-corrected chi connectivity index (χ0v) is 22.1. The Morgan fingerprint density at radius 2 is 1.89 bits per heavy atom. The summed E-state index contributed by atoms with van der Waals surface area (Å²) in [6.07, 6.45) is 6.18. The van der Waals surface area contributed by atoms with Crippen LogP contribution in [0.4, 0.5) is 5.69 Å². The fourth-order valence-electron chi connectivity index (χ4n) is 5.48. The van der Waals surface area contributed by atoms with Gasteiger partial charge in [0.2, 0.25) is 0 Å². The highest BCUT2D eigenvalue weighted by molar-refractivity contribution is 6.29. The number of aromatic nitrogens is 2. The molecule has 3 aromatic rings. The topological polar surface area (TPSA) is 83.5 Å². The molecular formula is C29H32ClN5O2. The van der Waals surface area contributed by atoms with E-state index >= 15 is 0 Å². The van der Waals surface area contributed by atoms with E-state index < -0.39 is 0 Å². The zero-order chi connectivity index (χ0) is 25.9. The summed E-state index contributed by atoms with van der Waals surface area (Å²) >= 11 is 6.26. The van der Waals surface area contributed by atoms with Crippen molar-refractivity contribution in [2.24, 2.45) is 24.0 Å². The van der Waals surface area contributed by atoms with Gasteiger partial charge in [-0.3, -0.25) is 4.79 Å². The van der Waals surface area contributed by atoms with Crippen molar-refractivity contribution in [3.8, 4) is 6.07 Å². The van der Waals surface area contributed by atoms with Gasteiger partial charge in [0.1, 0.15) is 28.9 Å². The normalized spacial score (nSPS) is 20.0. The fourth-order valence-corrected chi connectivity index (χ4v) is 5.63. The lowest BCUT2D eigenvalue weighted by molar-refractivity contribution is 0.131. The summed E-state index contributed by atoms with van der Waals surface area (Å²) in [4.78, 5) is 25.6. The Hall–Kier alpha value is -3.37. The number of pyridine rings is 2. The van der Waals surface area contributed by atoms with Crippen molar-refractivity contribution in [3.63, 3.8) is 0 Å². The fraction of sp³-hybridized carbons (Fsp3) is 0.448. The summed E-state index contributed by atoms with van der Waals surface area (Å²) in [6, 6.07) is 16.1. The van der Waals surface area contributed by atoms with Crippen LogP contribution in [0, 0.1) is 23.2 Å². The molecule has 192 valence electrons. The molecule has 0 amide bonds. The molecule has 0 N–H and O–H groups in total. The monoisotopic (exact) mass is 517 g/mol. The molecule has 2 aromatic heterocycles. The largest absolute Gasteiger partial charge is 0.395 e. The molecule has 2 aliphatic carbocycles. The van der Waals surface area contributed by atoms with Crippen molar-refractivity contribution >= 4 is 34.0 Å². The van der Waals surface area contributed by atoms with E-state index in [-0.39, 0.29) is 17.2 Å². The van der Waals surface area contributed by atoms with Crippen LogP contribution in [0.5, 0.6) is 0 Å². The Morgan fingerprint density at radius 1 is 1.16 bits per heavy atom. The SMILES string of the molecule is CCN(c1c(C#N)c(=O)n(C)c2ccc(Cl)nc12)C1CCC(/C(=N/OCC2CC2)c2ccccc2)CC1. The lowest BCUT2D eigenvalue weighted by atomic mass is 9.80. The molecule has 0 aliphatic heterocycles. The van der Waals surface area contributed by atoms with Crippen molar-refractivity contribution < 1.29 is 4.84 Å². The minimum absolute atomic E-state index is 0.119. The van der Waals surface area contributed by atoms with Crippen LogP contribution < -0.4 is 10.5 Å². The summed E-state index contributed by atoms with van der Waals surface area (Å²) in [5.41, 5.74) is 3.79. The summed E-state index contributed by atoms with van der Waals surface area (Å²) < 4.78 is 1.48. The third kappa shape index (κ3) is 5.21. The molecule has 5 rings (SSSR count). The first kappa shape index (κ1) is 25.3. The van der Waals surface area contributed by atoms with Gasteiger partial charge in [0, 0.05) is 25.6 Å². The predicted octanol–water partition coefficient (Wildman–Crippen LogP) is 5.67. The number of fused-ring (bicyclic) bond motifs is 1. The average molecular weight is 518 g/mol. The average Bonchev–Trinajstić information content (AvgIpc) is 3.75. The van der Waals surface area contributed by atoms with E-state index in [4.69, 9.17) is 16.4 Å². The van der Waals surface area contributed by atoms with Crippen molar-refractivity contribution in [2.75, 3.05) is 18.1 Å². The lowest BCUT2D eigenvalue weighted by Gasteiger charge is -2.38. The minimum atomic E-state index is -0.312. The number of nitriles is 1. The van der Waals surface area contributed by atoms with Gasteiger partial charge in [-0.2, -0.15) is 5.26 Å². The number of hydrogen-bond donors (Lipinski definition) is 0. The number of halogens is 1. The van der Waals surface area contributed by atoms with Gasteiger partial charge in [0.05, 0.1) is 16.9 Å². The van der Waals surface area contributed by atoms with Crippen molar-refractivity contribution in [3.05, 3.63) is 69.1 Å². The number of oxime groups is 1. The molecule has 0 spiro atoms. The number of rotatable bonds is 8. The molecular weight excluding hydrogens is 486 g/mol. The van der Waals surface area contributed by atoms with Crippen LogP contribution in [0.25, 0.3) is 11.0 Å². The van der Waals surface area contributed by atoms with Crippen LogP contribution in [0.1, 0.15) is 56.6 Å². The highest BCUT2D eigenvalue weighted by Gasteiger charge is 2.32. The van der Waals surface area contributed by atoms with Gasteiger partial charge in [-0.25, -0.2) is 4.98 Å². The number of hydrogen-bond acceptors (Lipinski definition) is 6. The second kappa shape index (κ2) is 10.9. The van der Waals surface area contributed by atoms with Crippen LogP contribution in [0.15, 0.2) is 52.4 Å². The number of benzene rings is 1. The van der Waals surface area contributed by atoms with Crippen LogP contribution in [0.2, 0.25) is 5.15 Å². The van der Waals surface area contributed by atoms with E-state index in [1.165, 1.54) is 17.4 Å². The maximum absolute atomic E-state index is 13.1. The van der Waals surface area contributed by atoms with Crippen LogP contribution in [-0.2, 0) is 11.9 Å². The second-order valence-electron chi connectivity index (χ2n) is 10.1. The predicted molar refractivity (Wildman–Crippen MR) is 147 cm³/mol. The number of anilines is 1. The molecule has 2 fully saturated rings.